The van der Waals surface area contributed by atoms with E-state index in [0.29, 0.717) is 24.4 Å². The van der Waals surface area contributed by atoms with Crippen molar-refractivity contribution in [1.29, 1.82) is 0 Å². The quantitative estimate of drug-likeness (QED) is 0.459. The number of carbonyl (C=O) groups excluding carboxylic acids is 2. The molecule has 1 saturated heterocycles. The maximum absolute atomic E-state index is 12.9. The first-order valence-corrected chi connectivity index (χ1v) is 9.85. The molecule has 0 saturated carbocycles. The molecule has 0 radical (unpaired) electrons. The second-order valence-corrected chi connectivity index (χ2v) is 7.91. The van der Waals surface area contributed by atoms with Crippen LogP contribution in [0.2, 0.25) is 0 Å². The summed E-state index contributed by atoms with van der Waals surface area (Å²) in [6, 6.07) is 8.28. The SMILES string of the molecule is COc1ccccc1/C(O)=C1\C(=O)C(=O)N(CCN(C)C)C1c1sccc1C. The first-order valence-electron chi connectivity index (χ1n) is 8.97. The molecule has 28 heavy (non-hydrogen) atoms. The van der Waals surface area contributed by atoms with Crippen LogP contribution in [0.5, 0.6) is 5.75 Å². The lowest BCUT2D eigenvalue weighted by atomic mass is 9.98. The van der Waals surface area contributed by atoms with Gasteiger partial charge >= 0.3 is 0 Å². The fourth-order valence-electron chi connectivity index (χ4n) is 3.34. The molecule has 1 aliphatic rings. The van der Waals surface area contributed by atoms with Crippen molar-refractivity contribution in [2.24, 2.45) is 0 Å². The Bertz CT molecular complexity index is 932. The number of aryl methyl sites for hydroxylation is 1. The third kappa shape index (κ3) is 3.55. The third-order valence-corrected chi connectivity index (χ3v) is 5.91. The second-order valence-electron chi connectivity index (χ2n) is 6.96. The molecule has 1 atom stereocenters. The molecular formula is C21H24N2O4S. The Morgan fingerprint density at radius 1 is 1.25 bits per heavy atom. The lowest BCUT2D eigenvalue weighted by Crippen LogP contribution is -2.35. The molecule has 1 amide bonds. The van der Waals surface area contributed by atoms with Gasteiger partial charge < -0.3 is 19.6 Å². The standard InChI is InChI=1S/C21H24N2O4S/c1-13-9-12-28-20(13)17-16(18(24)14-7-5-6-8-15(14)27-4)19(25)21(26)23(17)11-10-22(2)3/h5-9,12,17,24H,10-11H2,1-4H3/b18-16+. The minimum atomic E-state index is -0.667. The average Bonchev–Trinajstić information content (AvgIpc) is 3.20. The van der Waals surface area contributed by atoms with Crippen molar-refractivity contribution in [2.45, 2.75) is 13.0 Å². The molecule has 0 aliphatic carbocycles. The fraction of sp³-hybridized carbons (Fsp3) is 0.333. The maximum Gasteiger partial charge on any atom is 0.295 e. The van der Waals surface area contributed by atoms with Crippen LogP contribution in [0.1, 0.15) is 22.0 Å². The molecule has 0 bridgehead atoms. The number of aliphatic hydroxyl groups is 1. The number of aliphatic hydroxyl groups excluding tert-OH is 1. The number of ketones is 1. The summed E-state index contributed by atoms with van der Waals surface area (Å²) < 4.78 is 5.34. The van der Waals surface area contributed by atoms with E-state index in [9.17, 15) is 14.7 Å². The zero-order valence-corrected chi connectivity index (χ0v) is 17.2. The predicted molar refractivity (Wildman–Crippen MR) is 110 cm³/mol. The Balaban J connectivity index is 2.18. The van der Waals surface area contributed by atoms with Crippen LogP contribution in [0.25, 0.3) is 5.76 Å². The lowest BCUT2D eigenvalue weighted by molar-refractivity contribution is -0.140. The van der Waals surface area contributed by atoms with Crippen molar-refractivity contribution >= 4 is 28.8 Å². The van der Waals surface area contributed by atoms with E-state index in [-0.39, 0.29) is 11.3 Å². The van der Waals surface area contributed by atoms with Gasteiger partial charge in [-0.3, -0.25) is 9.59 Å². The minimum Gasteiger partial charge on any atom is -0.507 e. The predicted octanol–water partition coefficient (Wildman–Crippen LogP) is 3.05. The van der Waals surface area contributed by atoms with E-state index < -0.39 is 17.7 Å². The van der Waals surface area contributed by atoms with Gasteiger partial charge in [0.25, 0.3) is 11.7 Å². The average molecular weight is 401 g/mol. The van der Waals surface area contributed by atoms with Crippen molar-refractivity contribution in [1.82, 2.24) is 9.80 Å². The zero-order chi connectivity index (χ0) is 20.4. The molecule has 1 N–H and O–H groups in total. The lowest BCUT2D eigenvalue weighted by Gasteiger charge is -2.26. The Morgan fingerprint density at radius 3 is 2.57 bits per heavy atom. The Morgan fingerprint density at radius 2 is 1.96 bits per heavy atom. The van der Waals surface area contributed by atoms with E-state index in [1.165, 1.54) is 18.4 Å². The maximum atomic E-state index is 12.9. The first kappa shape index (κ1) is 20.1. The molecular weight excluding hydrogens is 376 g/mol. The number of nitrogens with zero attached hydrogens (tertiary/aromatic N) is 2. The molecule has 7 heteroatoms. The van der Waals surface area contributed by atoms with Gasteiger partial charge in [-0.1, -0.05) is 12.1 Å². The molecule has 148 valence electrons. The summed E-state index contributed by atoms with van der Waals surface area (Å²) in [7, 11) is 5.33. The number of benzene rings is 1. The molecule has 2 heterocycles. The summed E-state index contributed by atoms with van der Waals surface area (Å²) in [6.45, 7) is 2.95. The number of likely N-dealkylation sites (tertiary alicyclic amines) is 1. The van der Waals surface area contributed by atoms with Gasteiger partial charge in [-0.05, 0) is 50.2 Å². The van der Waals surface area contributed by atoms with Gasteiger partial charge in [-0.15, -0.1) is 11.3 Å². The van der Waals surface area contributed by atoms with Crippen LogP contribution in [-0.4, -0.2) is 60.9 Å². The van der Waals surface area contributed by atoms with E-state index >= 15 is 0 Å². The summed E-state index contributed by atoms with van der Waals surface area (Å²) in [5.74, 6) is -1.02. The topological polar surface area (TPSA) is 70.1 Å². The molecule has 1 aromatic carbocycles. The number of amides is 1. The number of thiophene rings is 1. The molecule has 1 aromatic heterocycles. The Labute approximate surface area is 168 Å². The number of rotatable bonds is 6. The molecule has 1 aliphatic heterocycles. The van der Waals surface area contributed by atoms with Crippen LogP contribution in [0.4, 0.5) is 0 Å². The Hall–Kier alpha value is -2.64. The van der Waals surface area contributed by atoms with Gasteiger partial charge in [-0.25, -0.2) is 0 Å². The van der Waals surface area contributed by atoms with Crippen LogP contribution < -0.4 is 4.74 Å². The number of hydrogen-bond acceptors (Lipinski definition) is 6. The first-order chi connectivity index (χ1) is 13.4. The van der Waals surface area contributed by atoms with Gasteiger partial charge in [0.05, 0.1) is 24.3 Å². The van der Waals surface area contributed by atoms with Crippen LogP contribution in [0.3, 0.4) is 0 Å². The number of para-hydroxylation sites is 1. The van der Waals surface area contributed by atoms with Crippen LogP contribution >= 0.6 is 11.3 Å². The van der Waals surface area contributed by atoms with Crippen LogP contribution in [0, 0.1) is 6.92 Å². The van der Waals surface area contributed by atoms with E-state index in [0.717, 1.165) is 10.4 Å². The van der Waals surface area contributed by atoms with E-state index in [4.69, 9.17) is 4.74 Å². The molecule has 1 fully saturated rings. The number of hydrogen-bond donors (Lipinski definition) is 1. The van der Waals surface area contributed by atoms with Gasteiger partial charge in [0.15, 0.2) is 0 Å². The molecule has 1 unspecified atom stereocenters. The van der Waals surface area contributed by atoms with Crippen molar-refractivity contribution in [3.63, 3.8) is 0 Å². The summed E-state index contributed by atoms with van der Waals surface area (Å²) in [5, 5.41) is 13.0. The van der Waals surface area contributed by atoms with Crippen LogP contribution in [0.15, 0.2) is 41.3 Å². The second kappa shape index (κ2) is 8.16. The molecule has 0 spiro atoms. The number of ether oxygens (including phenoxy) is 1. The van der Waals surface area contributed by atoms with Gasteiger partial charge in [-0.2, -0.15) is 0 Å². The van der Waals surface area contributed by atoms with Crippen LogP contribution in [-0.2, 0) is 9.59 Å². The van der Waals surface area contributed by atoms with Crippen molar-refractivity contribution in [2.75, 3.05) is 34.3 Å². The van der Waals surface area contributed by atoms with E-state index in [2.05, 4.69) is 0 Å². The number of carbonyl (C=O) groups is 2. The summed E-state index contributed by atoms with van der Waals surface area (Å²) in [4.78, 5) is 30.2. The number of likely N-dealkylation sites (N-methyl/N-ethyl adjacent to an activating group) is 1. The summed E-state index contributed by atoms with van der Waals surface area (Å²) >= 11 is 1.48. The highest BCUT2D eigenvalue weighted by Gasteiger charge is 2.47. The smallest absolute Gasteiger partial charge is 0.295 e. The number of Topliss-reactive ketones (excluding diaryl/α,β-unsaturated/α-hetero) is 1. The third-order valence-electron chi connectivity index (χ3n) is 4.84. The monoisotopic (exact) mass is 400 g/mol. The van der Waals surface area contributed by atoms with Crippen molar-refractivity contribution in [3.8, 4) is 5.75 Å². The van der Waals surface area contributed by atoms with Crippen molar-refractivity contribution in [3.05, 3.63) is 57.3 Å². The highest BCUT2D eigenvalue weighted by molar-refractivity contribution is 7.10. The van der Waals surface area contributed by atoms with Gasteiger partial charge in [0, 0.05) is 18.0 Å². The van der Waals surface area contributed by atoms with Gasteiger partial charge in [0.1, 0.15) is 11.5 Å². The minimum absolute atomic E-state index is 0.110. The van der Waals surface area contributed by atoms with E-state index in [1.807, 2.05) is 37.4 Å². The zero-order valence-electron chi connectivity index (χ0n) is 16.4. The van der Waals surface area contributed by atoms with E-state index in [1.54, 1.807) is 29.2 Å². The Kier molecular flexibility index (Phi) is 5.86. The van der Waals surface area contributed by atoms with Gasteiger partial charge in [0.2, 0.25) is 0 Å². The normalized spacial score (nSPS) is 18.9. The highest BCUT2D eigenvalue weighted by atomic mass is 32.1. The molecule has 6 nitrogen and oxygen atoms in total. The highest BCUT2D eigenvalue weighted by Crippen LogP contribution is 2.43. The summed E-state index contributed by atoms with van der Waals surface area (Å²) in [5.41, 5.74) is 1.49. The fourth-order valence-corrected chi connectivity index (χ4v) is 4.39. The van der Waals surface area contributed by atoms with Crippen molar-refractivity contribution < 1.29 is 19.4 Å². The number of methoxy groups -OCH3 is 1. The molecule has 2 aromatic rings. The largest absolute Gasteiger partial charge is 0.507 e. The summed E-state index contributed by atoms with van der Waals surface area (Å²) in [6.07, 6.45) is 0. The molecule has 3 rings (SSSR count).